The Morgan fingerprint density at radius 3 is 1.44 bits per heavy atom. The van der Waals surface area contributed by atoms with Crippen LogP contribution in [-0.4, -0.2) is 75.7 Å². The molecule has 0 aromatic rings. The van der Waals surface area contributed by atoms with E-state index in [1.165, 1.54) is 167 Å². The SMILES string of the molecule is CCCCCCCC/C=C/CCCCCCCCCC(N)=O.CCCCCCCCCCCCCCCC(C)CCOC1OC(CO)C(O)C(O)C1O.O. The van der Waals surface area contributed by atoms with Gasteiger partial charge in [-0.15, -0.1) is 0 Å². The largest absolute Gasteiger partial charge is 0.412 e. The Morgan fingerprint density at radius 1 is 0.611 bits per heavy atom. The van der Waals surface area contributed by atoms with Crippen molar-refractivity contribution in [3.05, 3.63) is 12.2 Å². The van der Waals surface area contributed by atoms with Gasteiger partial charge in [-0.1, -0.05) is 187 Å². The summed E-state index contributed by atoms with van der Waals surface area (Å²) in [6.07, 6.45) is 38.7. The van der Waals surface area contributed by atoms with E-state index in [9.17, 15) is 25.2 Å². The minimum Gasteiger partial charge on any atom is -0.412 e. The fourth-order valence-corrected chi connectivity index (χ4v) is 6.97. The Hall–Kier alpha value is -1.07. The highest BCUT2D eigenvalue weighted by Gasteiger charge is 2.43. The first-order valence-corrected chi connectivity index (χ1v) is 22.6. The van der Waals surface area contributed by atoms with Gasteiger partial charge in [0.25, 0.3) is 0 Å². The number of hydrogen-bond acceptors (Lipinski definition) is 7. The van der Waals surface area contributed by atoms with Crippen LogP contribution in [0.15, 0.2) is 12.2 Å². The topological polar surface area (TPSA) is 174 Å². The molecule has 324 valence electrons. The van der Waals surface area contributed by atoms with Gasteiger partial charge in [-0.25, -0.2) is 0 Å². The lowest BCUT2D eigenvalue weighted by atomic mass is 9.98. The van der Waals surface area contributed by atoms with E-state index in [-0.39, 0.29) is 11.4 Å². The second-order valence-electron chi connectivity index (χ2n) is 16.0. The third-order valence-corrected chi connectivity index (χ3v) is 10.7. The molecule has 8 N–H and O–H groups in total. The molecule has 6 unspecified atom stereocenters. The second kappa shape index (κ2) is 41.6. The fraction of sp³-hybridized carbons (Fsp3) is 0.933. The Morgan fingerprint density at radius 2 is 1.02 bits per heavy atom. The summed E-state index contributed by atoms with van der Waals surface area (Å²) >= 11 is 0. The number of hydrogen-bond donors (Lipinski definition) is 5. The molecule has 1 amide bonds. The van der Waals surface area contributed by atoms with E-state index in [4.69, 9.17) is 15.2 Å². The summed E-state index contributed by atoms with van der Waals surface area (Å²) in [6, 6.07) is 0. The lowest BCUT2D eigenvalue weighted by Gasteiger charge is -2.39. The van der Waals surface area contributed by atoms with Gasteiger partial charge in [-0.2, -0.15) is 0 Å². The van der Waals surface area contributed by atoms with Crippen molar-refractivity contribution in [3.8, 4) is 0 Å². The molecule has 0 aromatic heterocycles. The smallest absolute Gasteiger partial charge is 0.217 e. The van der Waals surface area contributed by atoms with Crippen LogP contribution in [-0.2, 0) is 14.3 Å². The summed E-state index contributed by atoms with van der Waals surface area (Å²) in [6.45, 7) is 6.73. The van der Waals surface area contributed by atoms with Gasteiger partial charge < -0.3 is 41.1 Å². The lowest BCUT2D eigenvalue weighted by Crippen LogP contribution is -2.59. The maximum absolute atomic E-state index is 10.6. The van der Waals surface area contributed by atoms with E-state index < -0.39 is 37.3 Å². The van der Waals surface area contributed by atoms with Crippen LogP contribution >= 0.6 is 0 Å². The van der Waals surface area contributed by atoms with Crippen LogP contribution in [0.3, 0.4) is 0 Å². The van der Waals surface area contributed by atoms with Gasteiger partial charge in [-0.3, -0.25) is 4.79 Å². The first-order chi connectivity index (χ1) is 25.8. The second-order valence-corrected chi connectivity index (χ2v) is 16.0. The third-order valence-electron chi connectivity index (χ3n) is 10.7. The van der Waals surface area contributed by atoms with Gasteiger partial charge in [0, 0.05) is 6.42 Å². The summed E-state index contributed by atoms with van der Waals surface area (Å²) in [5.41, 5.74) is 5.11. The zero-order chi connectivity index (χ0) is 39.2. The standard InChI is InChI=1S/C25H50O6.C20H39NO.H2O/c1-3-4-5-6-7-8-9-10-11-12-13-14-15-16-20(2)17-18-30-25-24(29)23(28)22(27)21(19-26)31-25;1-2-3-4-5-6-7-8-9-10-11-12-13-14-15-16-17-18-19-20(21)22;/h20-29H,3-19H2,1-2H3;9-10H,2-8,11-19H2,1H3,(H2,21,22);1H2/b;10-9+;. The molecule has 1 rings (SSSR count). The number of ether oxygens (including phenoxy) is 2. The van der Waals surface area contributed by atoms with Gasteiger partial charge in [0.15, 0.2) is 6.29 Å². The number of aliphatic hydroxyl groups excluding tert-OH is 4. The summed E-state index contributed by atoms with van der Waals surface area (Å²) in [5, 5.41) is 38.8. The van der Waals surface area contributed by atoms with Gasteiger partial charge in [0.1, 0.15) is 24.4 Å². The molecule has 0 aliphatic carbocycles. The molecular formula is C45H91NO8. The number of carbonyl (C=O) groups excluding carboxylic acids is 1. The monoisotopic (exact) mass is 774 g/mol. The van der Waals surface area contributed by atoms with E-state index in [1.807, 2.05) is 0 Å². The Bertz CT molecular complexity index is 798. The highest BCUT2D eigenvalue weighted by atomic mass is 16.7. The van der Waals surface area contributed by atoms with Gasteiger partial charge >= 0.3 is 0 Å². The zero-order valence-electron chi connectivity index (χ0n) is 35.5. The van der Waals surface area contributed by atoms with Crippen molar-refractivity contribution in [2.75, 3.05) is 13.2 Å². The molecule has 1 aliphatic heterocycles. The molecule has 0 bridgehead atoms. The van der Waals surface area contributed by atoms with Crippen LogP contribution in [0.4, 0.5) is 0 Å². The van der Waals surface area contributed by atoms with Crippen molar-refractivity contribution < 1.29 is 40.2 Å². The maximum atomic E-state index is 10.6. The van der Waals surface area contributed by atoms with Crippen molar-refractivity contribution in [1.29, 1.82) is 0 Å². The fourth-order valence-electron chi connectivity index (χ4n) is 6.97. The van der Waals surface area contributed by atoms with Crippen molar-refractivity contribution in [1.82, 2.24) is 0 Å². The first-order valence-electron chi connectivity index (χ1n) is 22.6. The molecule has 0 saturated carbocycles. The summed E-state index contributed by atoms with van der Waals surface area (Å²) in [5.74, 6) is 0.366. The van der Waals surface area contributed by atoms with Crippen LogP contribution in [0.5, 0.6) is 0 Å². The van der Waals surface area contributed by atoms with E-state index >= 15 is 0 Å². The van der Waals surface area contributed by atoms with Crippen molar-refractivity contribution in [3.63, 3.8) is 0 Å². The minimum atomic E-state index is -1.38. The predicted octanol–water partition coefficient (Wildman–Crippen LogP) is 9.78. The molecule has 0 spiro atoms. The van der Waals surface area contributed by atoms with E-state index in [1.54, 1.807) is 0 Å². The molecule has 9 nitrogen and oxygen atoms in total. The summed E-state index contributed by atoms with van der Waals surface area (Å²) in [4.78, 5) is 10.6. The van der Waals surface area contributed by atoms with Crippen LogP contribution in [0.2, 0.25) is 0 Å². The number of primary amides is 1. The molecule has 1 aliphatic rings. The molecular weight excluding hydrogens is 682 g/mol. The predicted molar refractivity (Wildman–Crippen MR) is 225 cm³/mol. The number of unbranched alkanes of at least 4 members (excludes halogenated alkanes) is 25. The van der Waals surface area contributed by atoms with Crippen LogP contribution < -0.4 is 5.73 Å². The van der Waals surface area contributed by atoms with Gasteiger partial charge in [-0.05, 0) is 44.4 Å². The quantitative estimate of drug-likeness (QED) is 0.0311. The van der Waals surface area contributed by atoms with Gasteiger partial charge in [0.05, 0.1) is 13.2 Å². The molecule has 54 heavy (non-hydrogen) atoms. The Balaban J connectivity index is 0. The molecule has 9 heteroatoms. The minimum absolute atomic E-state index is 0. The highest BCUT2D eigenvalue weighted by Crippen LogP contribution is 2.23. The summed E-state index contributed by atoms with van der Waals surface area (Å²) in [7, 11) is 0. The number of amides is 1. The first kappa shape index (κ1) is 55.0. The lowest BCUT2D eigenvalue weighted by molar-refractivity contribution is -0.301. The molecule has 0 radical (unpaired) electrons. The number of allylic oxidation sites excluding steroid dienone is 2. The Kier molecular flexibility index (Phi) is 42.4. The summed E-state index contributed by atoms with van der Waals surface area (Å²) < 4.78 is 10.9. The molecule has 6 atom stereocenters. The zero-order valence-corrected chi connectivity index (χ0v) is 35.5. The van der Waals surface area contributed by atoms with Gasteiger partial charge in [0.2, 0.25) is 5.91 Å². The number of nitrogens with two attached hydrogens (primary N) is 1. The van der Waals surface area contributed by atoms with Crippen LogP contribution in [0.25, 0.3) is 0 Å². The van der Waals surface area contributed by atoms with Crippen molar-refractivity contribution in [2.24, 2.45) is 11.7 Å². The average Bonchev–Trinajstić information content (AvgIpc) is 3.15. The maximum Gasteiger partial charge on any atom is 0.217 e. The number of carbonyl (C=O) groups is 1. The number of rotatable bonds is 36. The Labute approximate surface area is 332 Å². The molecule has 1 fully saturated rings. The van der Waals surface area contributed by atoms with Crippen molar-refractivity contribution in [2.45, 2.75) is 251 Å². The molecule has 1 saturated heterocycles. The normalized spacial score (nSPS) is 20.4. The van der Waals surface area contributed by atoms with E-state index in [2.05, 4.69) is 32.9 Å². The highest BCUT2D eigenvalue weighted by molar-refractivity contribution is 5.73. The molecule has 1 heterocycles. The van der Waals surface area contributed by atoms with E-state index in [0.717, 1.165) is 25.7 Å². The molecule has 0 aromatic carbocycles. The van der Waals surface area contributed by atoms with Crippen molar-refractivity contribution >= 4 is 5.91 Å². The van der Waals surface area contributed by atoms with E-state index in [0.29, 0.717) is 18.9 Å². The van der Waals surface area contributed by atoms with Crippen LogP contribution in [0.1, 0.15) is 220 Å². The third kappa shape index (κ3) is 34.2. The number of aliphatic hydroxyl groups is 4. The average molecular weight is 774 g/mol. The van der Waals surface area contributed by atoms with Crippen LogP contribution in [0, 0.1) is 5.92 Å².